The average molecular weight is 379 g/mol. The van der Waals surface area contributed by atoms with E-state index in [4.69, 9.17) is 5.11 Å². The third kappa shape index (κ3) is 3.29. The number of rotatable bonds is 5. The van der Waals surface area contributed by atoms with Gasteiger partial charge in [0, 0.05) is 26.0 Å². The first-order valence-corrected chi connectivity index (χ1v) is 8.52. The summed E-state index contributed by atoms with van der Waals surface area (Å²) in [5.41, 5.74) is 0.820. The minimum atomic E-state index is -3.75. The van der Waals surface area contributed by atoms with Crippen molar-refractivity contribution in [3.05, 3.63) is 38.8 Å². The number of nitrogens with one attached hydrogen (secondary N) is 1. The van der Waals surface area contributed by atoms with E-state index in [0.717, 1.165) is 23.0 Å². The fourth-order valence-corrected chi connectivity index (χ4v) is 4.98. The second-order valence-corrected chi connectivity index (χ2v) is 8.17. The Morgan fingerprint density at radius 1 is 1.55 bits per heavy atom. The number of hydrogen-bond donors (Lipinski definition) is 2. The van der Waals surface area contributed by atoms with E-state index in [2.05, 4.69) is 20.7 Å². The molecule has 2 aromatic rings. The number of carboxylic acids is 1. The van der Waals surface area contributed by atoms with Gasteiger partial charge in [0.1, 0.15) is 9.77 Å². The topological polar surface area (TPSA) is 88.4 Å². The molecule has 0 amide bonds. The van der Waals surface area contributed by atoms with Gasteiger partial charge in [-0.2, -0.15) is 0 Å². The minimum Gasteiger partial charge on any atom is -0.477 e. The molecule has 0 saturated heterocycles. The van der Waals surface area contributed by atoms with Crippen molar-refractivity contribution in [3.8, 4) is 0 Å². The van der Waals surface area contributed by atoms with Gasteiger partial charge in [0.05, 0.1) is 3.79 Å². The summed E-state index contributed by atoms with van der Waals surface area (Å²) < 4.78 is 28.8. The van der Waals surface area contributed by atoms with Crippen molar-refractivity contribution in [2.45, 2.75) is 11.4 Å². The first-order chi connectivity index (χ1) is 9.29. The lowest BCUT2D eigenvalue weighted by Crippen LogP contribution is -2.23. The molecule has 6 nitrogen and oxygen atoms in total. The summed E-state index contributed by atoms with van der Waals surface area (Å²) in [6, 6.07) is 2.94. The highest BCUT2D eigenvalue weighted by Gasteiger charge is 2.22. The highest BCUT2D eigenvalue weighted by molar-refractivity contribution is 9.11. The molecular weight excluding hydrogens is 368 g/mol. The van der Waals surface area contributed by atoms with Crippen LogP contribution < -0.4 is 4.72 Å². The fourth-order valence-electron chi connectivity index (χ4n) is 1.56. The van der Waals surface area contributed by atoms with Crippen molar-refractivity contribution in [2.75, 3.05) is 0 Å². The molecule has 2 heterocycles. The summed E-state index contributed by atoms with van der Waals surface area (Å²) in [6.45, 7) is 0.147. The van der Waals surface area contributed by atoms with Crippen molar-refractivity contribution in [1.29, 1.82) is 0 Å². The zero-order valence-electron chi connectivity index (χ0n) is 10.3. The molecule has 2 N–H and O–H groups in total. The Balaban J connectivity index is 2.20. The van der Waals surface area contributed by atoms with Crippen molar-refractivity contribution >= 4 is 43.3 Å². The average Bonchev–Trinajstić information content (AvgIpc) is 2.93. The molecule has 0 atom stereocenters. The number of aromatic carboxylic acids is 1. The quantitative estimate of drug-likeness (QED) is 0.832. The highest BCUT2D eigenvalue weighted by Crippen LogP contribution is 2.31. The molecule has 0 aliphatic rings. The zero-order valence-corrected chi connectivity index (χ0v) is 13.5. The molecular formula is C11H11BrN2O4S2. The Morgan fingerprint density at radius 2 is 2.25 bits per heavy atom. The number of carbonyl (C=O) groups is 1. The monoisotopic (exact) mass is 378 g/mol. The van der Waals surface area contributed by atoms with Gasteiger partial charge in [-0.05, 0) is 33.6 Å². The van der Waals surface area contributed by atoms with E-state index < -0.39 is 16.0 Å². The Morgan fingerprint density at radius 3 is 2.75 bits per heavy atom. The van der Waals surface area contributed by atoms with Gasteiger partial charge in [-0.25, -0.2) is 17.9 Å². The summed E-state index contributed by atoms with van der Waals surface area (Å²) in [7, 11) is -1.91. The van der Waals surface area contributed by atoms with Crippen LogP contribution in [0.25, 0.3) is 0 Å². The van der Waals surface area contributed by atoms with E-state index in [1.54, 1.807) is 12.3 Å². The maximum absolute atomic E-state index is 12.1. The lowest BCUT2D eigenvalue weighted by Gasteiger charge is -2.04. The molecule has 9 heteroatoms. The Kier molecular flexibility index (Phi) is 4.33. The molecule has 0 radical (unpaired) electrons. The molecule has 0 aromatic carbocycles. The van der Waals surface area contributed by atoms with Gasteiger partial charge >= 0.3 is 5.97 Å². The minimum absolute atomic E-state index is 0.0306. The number of aryl methyl sites for hydroxylation is 1. The normalized spacial score (nSPS) is 11.7. The maximum Gasteiger partial charge on any atom is 0.345 e. The van der Waals surface area contributed by atoms with E-state index in [-0.39, 0.29) is 20.1 Å². The predicted octanol–water partition coefficient (Wildman–Crippen LogP) is 2.03. The Labute approximate surface area is 128 Å². The van der Waals surface area contributed by atoms with Crippen LogP contribution in [0.3, 0.4) is 0 Å². The lowest BCUT2D eigenvalue weighted by molar-refractivity contribution is 0.0702. The van der Waals surface area contributed by atoms with Crippen molar-refractivity contribution in [3.63, 3.8) is 0 Å². The molecule has 20 heavy (non-hydrogen) atoms. The fraction of sp³-hybridized carbons (Fsp3) is 0.182. The second-order valence-electron chi connectivity index (χ2n) is 4.06. The standard InChI is InChI=1S/C11H11BrN2O4S2/c1-14-3-2-7(6-14)5-13-20(17,18)9-4-8(11(15)16)19-10(9)12/h2-4,6,13H,5H2,1H3,(H,15,16). The number of carboxylic acid groups (broad SMARTS) is 1. The molecule has 108 valence electrons. The molecule has 0 bridgehead atoms. The van der Waals surface area contributed by atoms with E-state index in [1.807, 2.05) is 17.8 Å². The molecule has 0 aliphatic heterocycles. The summed E-state index contributed by atoms with van der Waals surface area (Å²) in [5, 5.41) is 8.87. The predicted molar refractivity (Wildman–Crippen MR) is 78.4 cm³/mol. The van der Waals surface area contributed by atoms with E-state index in [1.165, 1.54) is 0 Å². The second kappa shape index (κ2) is 5.68. The van der Waals surface area contributed by atoms with Gasteiger partial charge < -0.3 is 9.67 Å². The van der Waals surface area contributed by atoms with Crippen LogP contribution in [0.15, 0.2) is 33.2 Å². The molecule has 2 rings (SSSR count). The first kappa shape index (κ1) is 15.2. The van der Waals surface area contributed by atoms with Crippen LogP contribution in [0.2, 0.25) is 0 Å². The maximum atomic E-state index is 12.1. The summed E-state index contributed by atoms with van der Waals surface area (Å²) in [5.74, 6) is -1.15. The summed E-state index contributed by atoms with van der Waals surface area (Å²) in [4.78, 5) is 10.8. The van der Waals surface area contributed by atoms with Gasteiger partial charge in [-0.15, -0.1) is 11.3 Å². The van der Waals surface area contributed by atoms with Crippen LogP contribution in [0.5, 0.6) is 0 Å². The number of hydrogen-bond acceptors (Lipinski definition) is 4. The molecule has 0 aliphatic carbocycles. The van der Waals surface area contributed by atoms with Crippen LogP contribution in [0.4, 0.5) is 0 Å². The van der Waals surface area contributed by atoms with Gasteiger partial charge in [0.15, 0.2) is 0 Å². The van der Waals surface area contributed by atoms with E-state index >= 15 is 0 Å². The molecule has 0 fully saturated rings. The largest absolute Gasteiger partial charge is 0.477 e. The van der Waals surface area contributed by atoms with Gasteiger partial charge in [-0.1, -0.05) is 0 Å². The van der Waals surface area contributed by atoms with E-state index in [0.29, 0.717) is 0 Å². The number of sulfonamides is 1. The van der Waals surface area contributed by atoms with Crippen LogP contribution in [0.1, 0.15) is 15.2 Å². The van der Waals surface area contributed by atoms with Crippen LogP contribution in [-0.2, 0) is 23.6 Å². The highest BCUT2D eigenvalue weighted by atomic mass is 79.9. The van der Waals surface area contributed by atoms with Crippen molar-refractivity contribution in [1.82, 2.24) is 9.29 Å². The molecule has 0 unspecified atom stereocenters. The number of aromatic nitrogens is 1. The number of nitrogens with zero attached hydrogens (tertiary/aromatic N) is 1. The van der Waals surface area contributed by atoms with E-state index in [9.17, 15) is 13.2 Å². The van der Waals surface area contributed by atoms with Crippen LogP contribution in [0, 0.1) is 0 Å². The zero-order chi connectivity index (χ0) is 14.9. The third-order valence-electron chi connectivity index (χ3n) is 2.52. The van der Waals surface area contributed by atoms with Crippen LogP contribution in [-0.4, -0.2) is 24.1 Å². The number of thiophene rings is 1. The third-order valence-corrected chi connectivity index (χ3v) is 6.16. The van der Waals surface area contributed by atoms with Crippen LogP contribution >= 0.6 is 27.3 Å². The van der Waals surface area contributed by atoms with Crippen molar-refractivity contribution < 1.29 is 18.3 Å². The van der Waals surface area contributed by atoms with Gasteiger partial charge in [0.2, 0.25) is 10.0 Å². The lowest BCUT2D eigenvalue weighted by atomic mass is 10.4. The number of halogens is 1. The molecule has 0 saturated carbocycles. The Bertz CT molecular complexity index is 748. The SMILES string of the molecule is Cn1ccc(CNS(=O)(=O)c2cc(C(=O)O)sc2Br)c1. The molecule has 0 spiro atoms. The summed E-state index contributed by atoms with van der Waals surface area (Å²) >= 11 is 3.95. The smallest absolute Gasteiger partial charge is 0.345 e. The van der Waals surface area contributed by atoms with Gasteiger partial charge in [-0.3, -0.25) is 0 Å². The Hall–Kier alpha value is -1.16. The first-order valence-electron chi connectivity index (χ1n) is 5.43. The molecule has 2 aromatic heterocycles. The summed E-state index contributed by atoms with van der Waals surface area (Å²) in [6.07, 6.45) is 3.61. The van der Waals surface area contributed by atoms with Crippen molar-refractivity contribution in [2.24, 2.45) is 7.05 Å². The van der Waals surface area contributed by atoms with Gasteiger partial charge in [0.25, 0.3) is 0 Å².